The molecular weight excluding hydrogens is 256 g/mol. The molecule has 0 saturated carbocycles. The Balaban J connectivity index is 2.09. The van der Waals surface area contributed by atoms with Gasteiger partial charge in [-0.3, -0.25) is 4.79 Å². The van der Waals surface area contributed by atoms with Crippen LogP contribution in [0.3, 0.4) is 0 Å². The molecule has 1 amide bonds. The summed E-state index contributed by atoms with van der Waals surface area (Å²) in [5, 5.41) is 6.75. The van der Waals surface area contributed by atoms with E-state index >= 15 is 0 Å². The number of rotatable bonds is 5. The van der Waals surface area contributed by atoms with Gasteiger partial charge in [-0.1, -0.05) is 12.1 Å². The highest BCUT2D eigenvalue weighted by Gasteiger charge is 2.14. The van der Waals surface area contributed by atoms with E-state index in [-0.39, 0.29) is 5.91 Å². The highest BCUT2D eigenvalue weighted by molar-refractivity contribution is 5.93. The lowest BCUT2D eigenvalue weighted by Gasteiger charge is -2.08. The quantitative estimate of drug-likeness (QED) is 0.874. The summed E-state index contributed by atoms with van der Waals surface area (Å²) >= 11 is 0. The number of nitrogen functional groups attached to an aromatic ring is 1. The van der Waals surface area contributed by atoms with Crippen LogP contribution in [0.25, 0.3) is 0 Å². The minimum Gasteiger partial charge on any atom is -0.397 e. The first-order valence-corrected chi connectivity index (χ1v) is 6.68. The number of nitrogens with two attached hydrogens (primary N) is 1. The van der Waals surface area contributed by atoms with Crippen molar-refractivity contribution in [2.45, 2.75) is 40.3 Å². The third-order valence-corrected chi connectivity index (χ3v) is 3.22. The van der Waals surface area contributed by atoms with Crippen LogP contribution in [0.1, 0.15) is 40.9 Å². The highest BCUT2D eigenvalue weighted by Crippen LogP contribution is 2.14. The molecule has 3 N–H and O–H groups in total. The first kappa shape index (κ1) is 14.2. The molecule has 2 aromatic rings. The van der Waals surface area contributed by atoms with Crippen molar-refractivity contribution in [2.75, 3.05) is 5.73 Å². The van der Waals surface area contributed by atoms with Crippen molar-refractivity contribution in [2.24, 2.45) is 0 Å². The fourth-order valence-corrected chi connectivity index (χ4v) is 2.16. The average Bonchev–Trinajstić information content (AvgIpc) is 2.92. The molecule has 2 heterocycles. The van der Waals surface area contributed by atoms with Crippen LogP contribution in [0.2, 0.25) is 0 Å². The summed E-state index contributed by atoms with van der Waals surface area (Å²) in [4.78, 5) is 12.2. The number of hydrogen-bond acceptors (Lipinski definition) is 4. The van der Waals surface area contributed by atoms with Crippen molar-refractivity contribution in [3.8, 4) is 0 Å². The number of aromatic nitrogens is 2. The molecule has 0 saturated heterocycles. The molecule has 0 fully saturated rings. The van der Waals surface area contributed by atoms with Gasteiger partial charge in [0.2, 0.25) is 0 Å². The van der Waals surface area contributed by atoms with Crippen molar-refractivity contribution in [1.29, 1.82) is 0 Å². The lowest BCUT2D eigenvalue weighted by Crippen LogP contribution is -2.25. The number of amides is 1. The van der Waals surface area contributed by atoms with Crippen molar-refractivity contribution in [3.05, 3.63) is 35.0 Å². The van der Waals surface area contributed by atoms with Crippen LogP contribution in [0, 0.1) is 13.8 Å². The first-order chi connectivity index (χ1) is 9.52. The zero-order valence-corrected chi connectivity index (χ0v) is 12.1. The fraction of sp³-hybridized carbons (Fsp3) is 0.429. The molecule has 0 aliphatic carbocycles. The second-order valence-corrected chi connectivity index (χ2v) is 4.84. The smallest absolute Gasteiger partial charge is 0.268 e. The molecule has 0 bridgehead atoms. The minimum absolute atomic E-state index is 0.143. The molecule has 0 unspecified atom stereocenters. The van der Waals surface area contributed by atoms with Gasteiger partial charge in [0.15, 0.2) is 0 Å². The Labute approximate surface area is 117 Å². The SMILES string of the molecule is CCCn1cc(N)cc1C(=O)NCc1c(C)noc1C. The van der Waals surface area contributed by atoms with Crippen molar-refractivity contribution >= 4 is 11.6 Å². The van der Waals surface area contributed by atoms with E-state index in [9.17, 15) is 4.79 Å². The van der Waals surface area contributed by atoms with E-state index in [2.05, 4.69) is 17.4 Å². The zero-order valence-electron chi connectivity index (χ0n) is 12.1. The van der Waals surface area contributed by atoms with E-state index in [0.29, 0.717) is 17.9 Å². The number of nitrogens with zero attached hydrogens (tertiary/aromatic N) is 2. The van der Waals surface area contributed by atoms with Gasteiger partial charge < -0.3 is 20.1 Å². The maximum atomic E-state index is 12.2. The van der Waals surface area contributed by atoms with Gasteiger partial charge in [0.05, 0.1) is 11.4 Å². The third kappa shape index (κ3) is 2.84. The van der Waals surface area contributed by atoms with Gasteiger partial charge >= 0.3 is 0 Å². The molecule has 0 aliphatic rings. The summed E-state index contributed by atoms with van der Waals surface area (Å²) in [7, 11) is 0. The Morgan fingerprint density at radius 1 is 1.50 bits per heavy atom. The molecule has 6 nitrogen and oxygen atoms in total. The summed E-state index contributed by atoms with van der Waals surface area (Å²) in [6.45, 7) is 6.92. The topological polar surface area (TPSA) is 86.1 Å². The second kappa shape index (κ2) is 5.81. The van der Waals surface area contributed by atoms with Gasteiger partial charge in [0, 0.05) is 24.8 Å². The summed E-state index contributed by atoms with van der Waals surface area (Å²) in [6, 6.07) is 1.69. The molecule has 0 spiro atoms. The molecule has 6 heteroatoms. The summed E-state index contributed by atoms with van der Waals surface area (Å²) in [5.41, 5.74) is 8.65. The number of anilines is 1. The van der Waals surface area contributed by atoms with Crippen molar-refractivity contribution < 1.29 is 9.32 Å². The number of carbonyl (C=O) groups excluding carboxylic acids is 1. The van der Waals surface area contributed by atoms with Gasteiger partial charge in [-0.15, -0.1) is 0 Å². The Hall–Kier alpha value is -2.24. The summed E-state index contributed by atoms with van der Waals surface area (Å²) in [5.74, 6) is 0.585. The van der Waals surface area contributed by atoms with Gasteiger partial charge in [-0.05, 0) is 26.3 Å². The molecule has 0 atom stereocenters. The number of hydrogen-bond donors (Lipinski definition) is 2. The van der Waals surface area contributed by atoms with Crippen LogP contribution in [0.15, 0.2) is 16.8 Å². The Bertz CT molecular complexity index is 593. The standard InChI is InChI=1S/C14H20N4O2/c1-4-5-18-8-11(15)6-13(18)14(19)16-7-12-9(2)17-20-10(12)3/h6,8H,4-5,7,15H2,1-3H3,(H,16,19). The number of nitrogens with one attached hydrogen (secondary N) is 1. The van der Waals surface area contributed by atoms with Crippen molar-refractivity contribution in [1.82, 2.24) is 15.0 Å². The maximum Gasteiger partial charge on any atom is 0.268 e. The van der Waals surface area contributed by atoms with Crippen LogP contribution >= 0.6 is 0 Å². The third-order valence-electron chi connectivity index (χ3n) is 3.22. The Morgan fingerprint density at radius 2 is 2.25 bits per heavy atom. The van der Waals surface area contributed by atoms with E-state index in [4.69, 9.17) is 10.3 Å². The fourth-order valence-electron chi connectivity index (χ4n) is 2.16. The number of aryl methyl sites for hydroxylation is 3. The molecule has 0 radical (unpaired) electrons. The monoisotopic (exact) mass is 276 g/mol. The molecule has 0 aromatic carbocycles. The van der Waals surface area contributed by atoms with E-state index in [1.165, 1.54) is 0 Å². The van der Waals surface area contributed by atoms with Gasteiger partial charge in [-0.25, -0.2) is 0 Å². The molecule has 0 aliphatic heterocycles. The summed E-state index contributed by atoms with van der Waals surface area (Å²) in [6.07, 6.45) is 2.73. The molecule has 2 aromatic heterocycles. The first-order valence-electron chi connectivity index (χ1n) is 6.68. The van der Waals surface area contributed by atoms with E-state index < -0.39 is 0 Å². The van der Waals surface area contributed by atoms with Crippen molar-refractivity contribution in [3.63, 3.8) is 0 Å². The largest absolute Gasteiger partial charge is 0.397 e. The minimum atomic E-state index is -0.143. The predicted molar refractivity (Wildman–Crippen MR) is 76.3 cm³/mol. The van der Waals surface area contributed by atoms with Crippen LogP contribution in [0.4, 0.5) is 5.69 Å². The lowest BCUT2D eigenvalue weighted by molar-refractivity contribution is 0.0941. The van der Waals surface area contributed by atoms with Crippen LogP contribution in [-0.4, -0.2) is 15.6 Å². The second-order valence-electron chi connectivity index (χ2n) is 4.84. The zero-order chi connectivity index (χ0) is 14.7. The lowest BCUT2D eigenvalue weighted by atomic mass is 10.2. The van der Waals surface area contributed by atoms with Gasteiger partial charge in [0.1, 0.15) is 11.5 Å². The predicted octanol–water partition coefficient (Wildman–Crippen LogP) is 2.02. The highest BCUT2D eigenvalue weighted by atomic mass is 16.5. The van der Waals surface area contributed by atoms with E-state index in [1.54, 1.807) is 12.3 Å². The molecular formula is C14H20N4O2. The van der Waals surface area contributed by atoms with Crippen LogP contribution in [0.5, 0.6) is 0 Å². The van der Waals surface area contributed by atoms with Gasteiger partial charge in [-0.2, -0.15) is 0 Å². The summed E-state index contributed by atoms with van der Waals surface area (Å²) < 4.78 is 6.95. The van der Waals surface area contributed by atoms with Gasteiger partial charge in [0.25, 0.3) is 5.91 Å². The number of carbonyl (C=O) groups is 1. The normalized spacial score (nSPS) is 10.8. The maximum absolute atomic E-state index is 12.2. The van der Waals surface area contributed by atoms with Crippen LogP contribution in [-0.2, 0) is 13.1 Å². The Morgan fingerprint density at radius 3 is 2.85 bits per heavy atom. The van der Waals surface area contributed by atoms with Crippen LogP contribution < -0.4 is 11.1 Å². The van der Waals surface area contributed by atoms with E-state index in [1.807, 2.05) is 18.4 Å². The molecule has 2 rings (SSSR count). The van der Waals surface area contributed by atoms with E-state index in [0.717, 1.165) is 30.0 Å². The molecule has 20 heavy (non-hydrogen) atoms. The molecule has 108 valence electrons. The average molecular weight is 276 g/mol. The Kier molecular flexibility index (Phi) is 4.12.